The molecule has 1 aromatic heterocycles. The summed E-state index contributed by atoms with van der Waals surface area (Å²) >= 11 is 6.42. The number of benzene rings is 2. The van der Waals surface area contributed by atoms with Crippen LogP contribution in [0, 0.1) is 6.92 Å². The molecule has 0 spiro atoms. The second-order valence-corrected chi connectivity index (χ2v) is 14.1. The van der Waals surface area contributed by atoms with Gasteiger partial charge in [0.2, 0.25) is 5.95 Å². The highest BCUT2D eigenvalue weighted by atomic mass is 35.5. The standard InChI is InChI=1S/C27H32ClN6O3P/c1-17-10-18(11-23-25(17)34-9-8-33(20-14-36-15-20)13-19(34)16-37-23)30-27-29-12-21(28)26(32-27)31-22-6-4-5-7-24(22)38(2,3)35/h4-7,10-12,19-20H,8-9,13-16H2,1-3H3,(H2,29,30,31,32)/t19-/m0/s1. The van der Waals surface area contributed by atoms with Crippen LogP contribution < -0.4 is 25.6 Å². The van der Waals surface area contributed by atoms with Gasteiger partial charge >= 0.3 is 0 Å². The van der Waals surface area contributed by atoms with E-state index >= 15 is 0 Å². The van der Waals surface area contributed by atoms with E-state index in [1.165, 1.54) is 0 Å². The Hall–Kier alpha value is -2.84. The molecule has 2 saturated heterocycles. The molecule has 0 aliphatic carbocycles. The van der Waals surface area contributed by atoms with Gasteiger partial charge in [-0.15, -0.1) is 0 Å². The number of para-hydroxylation sites is 1. The third kappa shape index (κ3) is 4.96. The average Bonchev–Trinajstić information content (AvgIpc) is 2.84. The number of nitrogens with zero attached hydrogens (tertiary/aromatic N) is 4. The molecule has 1 atom stereocenters. The number of hydrogen-bond donors (Lipinski definition) is 2. The van der Waals surface area contributed by atoms with Crippen LogP contribution in [0.3, 0.4) is 0 Å². The molecule has 6 rings (SSSR count). The monoisotopic (exact) mass is 554 g/mol. The topological polar surface area (TPSA) is 91.8 Å². The molecule has 0 amide bonds. The maximum atomic E-state index is 12.8. The van der Waals surface area contributed by atoms with E-state index in [-0.39, 0.29) is 0 Å². The fourth-order valence-corrected chi connectivity index (χ4v) is 6.68. The van der Waals surface area contributed by atoms with Gasteiger partial charge in [-0.3, -0.25) is 4.90 Å². The van der Waals surface area contributed by atoms with Crippen LogP contribution in [0.15, 0.2) is 42.6 Å². The SMILES string of the molecule is Cc1cc(Nc2ncc(Cl)c(Nc3ccccc3P(C)(C)=O)n2)cc2c1N1CCN(C3COC3)C[C@H]1CO2. The van der Waals surface area contributed by atoms with Gasteiger partial charge in [0, 0.05) is 36.7 Å². The summed E-state index contributed by atoms with van der Waals surface area (Å²) in [6.07, 6.45) is 1.55. The summed E-state index contributed by atoms with van der Waals surface area (Å²) in [5.41, 5.74) is 3.85. The van der Waals surface area contributed by atoms with Crippen LogP contribution in [0.1, 0.15) is 5.56 Å². The summed E-state index contributed by atoms with van der Waals surface area (Å²) in [5.74, 6) is 1.70. The molecule has 0 bridgehead atoms. The number of nitrogens with one attached hydrogen (secondary N) is 2. The van der Waals surface area contributed by atoms with Crippen molar-refractivity contribution in [3.8, 4) is 5.75 Å². The van der Waals surface area contributed by atoms with Gasteiger partial charge in [0.15, 0.2) is 5.82 Å². The summed E-state index contributed by atoms with van der Waals surface area (Å²) in [6.45, 7) is 10.9. The molecule has 3 aromatic rings. The van der Waals surface area contributed by atoms with E-state index in [9.17, 15) is 4.57 Å². The molecule has 0 radical (unpaired) electrons. The van der Waals surface area contributed by atoms with Crippen molar-refractivity contribution in [2.24, 2.45) is 0 Å². The molecular formula is C27H32ClN6O3P. The Morgan fingerprint density at radius 2 is 1.89 bits per heavy atom. The Morgan fingerprint density at radius 3 is 2.66 bits per heavy atom. The minimum Gasteiger partial charge on any atom is -0.489 e. The number of fused-ring (bicyclic) bond motifs is 3. The van der Waals surface area contributed by atoms with Crippen molar-refractivity contribution in [2.45, 2.75) is 19.0 Å². The van der Waals surface area contributed by atoms with Crippen LogP contribution >= 0.6 is 18.7 Å². The largest absolute Gasteiger partial charge is 0.489 e. The molecule has 3 aliphatic heterocycles. The van der Waals surface area contributed by atoms with E-state index in [0.717, 1.165) is 60.8 Å². The van der Waals surface area contributed by atoms with Gasteiger partial charge in [-0.2, -0.15) is 4.98 Å². The van der Waals surface area contributed by atoms with E-state index in [1.54, 1.807) is 19.5 Å². The zero-order valence-electron chi connectivity index (χ0n) is 21.8. The van der Waals surface area contributed by atoms with Crippen molar-refractivity contribution in [3.05, 3.63) is 53.2 Å². The van der Waals surface area contributed by atoms with Crippen LogP contribution in [0.5, 0.6) is 5.75 Å². The number of halogens is 1. The fraction of sp³-hybridized carbons (Fsp3) is 0.407. The molecule has 2 N–H and O–H groups in total. The van der Waals surface area contributed by atoms with Gasteiger partial charge in [-0.05, 0) is 44.0 Å². The first-order valence-corrected chi connectivity index (χ1v) is 15.8. The highest BCUT2D eigenvalue weighted by Crippen LogP contribution is 2.42. The molecule has 4 heterocycles. The summed E-state index contributed by atoms with van der Waals surface area (Å²) < 4.78 is 24.4. The number of aromatic nitrogens is 2. The van der Waals surface area contributed by atoms with Crippen molar-refractivity contribution < 1.29 is 14.0 Å². The summed E-state index contributed by atoms with van der Waals surface area (Å²) in [7, 11) is -2.50. The maximum absolute atomic E-state index is 12.8. The molecule has 3 aliphatic rings. The second-order valence-electron chi connectivity index (χ2n) is 10.5. The lowest BCUT2D eigenvalue weighted by molar-refractivity contribution is -0.0715. The molecule has 200 valence electrons. The van der Waals surface area contributed by atoms with E-state index in [1.807, 2.05) is 30.3 Å². The lowest BCUT2D eigenvalue weighted by atomic mass is 10.0. The van der Waals surface area contributed by atoms with E-state index in [0.29, 0.717) is 41.2 Å². The maximum Gasteiger partial charge on any atom is 0.229 e. The minimum absolute atomic E-state index is 0.340. The molecule has 38 heavy (non-hydrogen) atoms. The molecule has 0 unspecified atom stereocenters. The first-order chi connectivity index (χ1) is 18.3. The van der Waals surface area contributed by atoms with Crippen LogP contribution in [-0.4, -0.2) is 79.7 Å². The van der Waals surface area contributed by atoms with E-state index in [2.05, 4.69) is 43.4 Å². The molecule has 0 saturated carbocycles. The third-order valence-electron chi connectivity index (χ3n) is 7.37. The third-order valence-corrected chi connectivity index (χ3v) is 9.20. The lowest BCUT2D eigenvalue weighted by Crippen LogP contribution is -2.62. The van der Waals surface area contributed by atoms with Crippen molar-refractivity contribution in [1.82, 2.24) is 14.9 Å². The molecular weight excluding hydrogens is 523 g/mol. The van der Waals surface area contributed by atoms with Crippen molar-refractivity contribution in [2.75, 3.05) is 68.3 Å². The van der Waals surface area contributed by atoms with Crippen LogP contribution in [0.4, 0.5) is 28.8 Å². The summed E-state index contributed by atoms with van der Waals surface area (Å²) in [4.78, 5) is 14.0. The Morgan fingerprint density at radius 1 is 1.08 bits per heavy atom. The van der Waals surface area contributed by atoms with E-state index in [4.69, 9.17) is 21.1 Å². The fourth-order valence-electron chi connectivity index (χ4n) is 5.39. The molecule has 11 heteroatoms. The van der Waals surface area contributed by atoms with Gasteiger partial charge in [0.25, 0.3) is 0 Å². The number of piperazine rings is 1. The Labute approximate surface area is 227 Å². The Balaban J connectivity index is 1.21. The highest BCUT2D eigenvalue weighted by Gasteiger charge is 2.38. The smallest absolute Gasteiger partial charge is 0.229 e. The van der Waals surface area contributed by atoms with Gasteiger partial charge < -0.3 is 29.6 Å². The van der Waals surface area contributed by atoms with Crippen LogP contribution in [0.25, 0.3) is 0 Å². The summed E-state index contributed by atoms with van der Waals surface area (Å²) in [6, 6.07) is 12.5. The number of aryl methyl sites for hydroxylation is 1. The minimum atomic E-state index is -2.50. The Bertz CT molecular complexity index is 1410. The van der Waals surface area contributed by atoms with Gasteiger partial charge in [0.1, 0.15) is 24.5 Å². The predicted octanol–water partition coefficient (Wildman–Crippen LogP) is 4.46. The molecule has 2 fully saturated rings. The zero-order chi connectivity index (χ0) is 26.4. The first-order valence-electron chi connectivity index (χ1n) is 12.8. The number of ether oxygens (including phenoxy) is 2. The number of anilines is 5. The van der Waals surface area contributed by atoms with Crippen LogP contribution in [0.2, 0.25) is 5.02 Å². The molecule has 9 nitrogen and oxygen atoms in total. The highest BCUT2D eigenvalue weighted by molar-refractivity contribution is 7.70. The van der Waals surface area contributed by atoms with Gasteiger partial charge in [0.05, 0.1) is 42.9 Å². The first kappa shape index (κ1) is 25.4. The van der Waals surface area contributed by atoms with E-state index < -0.39 is 7.14 Å². The Kier molecular flexibility index (Phi) is 6.72. The normalized spacial score (nSPS) is 19.7. The number of rotatable bonds is 6. The van der Waals surface area contributed by atoms with Crippen molar-refractivity contribution in [3.63, 3.8) is 0 Å². The zero-order valence-corrected chi connectivity index (χ0v) is 23.4. The van der Waals surface area contributed by atoms with Gasteiger partial charge in [-0.1, -0.05) is 23.7 Å². The summed E-state index contributed by atoms with van der Waals surface area (Å²) in [5, 5.41) is 7.67. The van der Waals surface area contributed by atoms with Gasteiger partial charge in [-0.25, -0.2) is 4.98 Å². The predicted molar refractivity (Wildman–Crippen MR) is 153 cm³/mol. The quantitative estimate of drug-likeness (QED) is 0.429. The number of hydrogen-bond acceptors (Lipinski definition) is 9. The molecule has 2 aromatic carbocycles. The second kappa shape index (κ2) is 10.0. The average molecular weight is 555 g/mol. The van der Waals surface area contributed by atoms with Crippen LogP contribution in [-0.2, 0) is 9.30 Å². The lowest BCUT2D eigenvalue weighted by Gasteiger charge is -2.49. The van der Waals surface area contributed by atoms with Crippen molar-refractivity contribution >= 4 is 52.9 Å². The van der Waals surface area contributed by atoms with Crippen molar-refractivity contribution in [1.29, 1.82) is 0 Å².